The van der Waals surface area contributed by atoms with E-state index < -0.39 is 37.3 Å². The van der Waals surface area contributed by atoms with Crippen LogP contribution in [0.1, 0.15) is 0 Å². The first-order valence-corrected chi connectivity index (χ1v) is 4.12. The van der Waals surface area contributed by atoms with Crippen molar-refractivity contribution in [3.05, 3.63) is 10.4 Å². The van der Waals surface area contributed by atoms with Crippen molar-refractivity contribution in [2.75, 3.05) is 6.61 Å². The third kappa shape index (κ3) is 2.48. The first-order chi connectivity index (χ1) is 7.11. The number of azide groups is 1. The van der Waals surface area contributed by atoms with Gasteiger partial charge in [0.1, 0.15) is 23.6 Å². The average molecular weight is 221 g/mol. The summed E-state index contributed by atoms with van der Waals surface area (Å²) in [4.78, 5) is 6.69. The number of nitrogens with zero attached hydrogens (tertiary/aromatic N) is 3. The fourth-order valence-corrected chi connectivity index (χ4v) is 1.27. The summed E-state index contributed by atoms with van der Waals surface area (Å²) in [5.74, 6) is 0. The van der Waals surface area contributed by atoms with Crippen LogP contribution in [-0.2, 0) is 9.57 Å². The van der Waals surface area contributed by atoms with Gasteiger partial charge in [0.2, 0.25) is 0 Å². The van der Waals surface area contributed by atoms with Crippen LogP contribution >= 0.6 is 0 Å². The summed E-state index contributed by atoms with van der Waals surface area (Å²) in [7, 11) is 0. The van der Waals surface area contributed by atoms with Crippen LogP contribution in [0.4, 0.5) is 0 Å². The molecular formula is C6H11N3O6. The van der Waals surface area contributed by atoms with Crippen LogP contribution in [-0.4, -0.2) is 57.7 Å². The smallest absolute Gasteiger partial charge is 0.185 e. The van der Waals surface area contributed by atoms with Crippen molar-refractivity contribution in [1.82, 2.24) is 0 Å². The molecule has 1 aliphatic heterocycles. The second-order valence-corrected chi connectivity index (χ2v) is 2.97. The highest BCUT2D eigenvalue weighted by atomic mass is 16.7. The molecule has 15 heavy (non-hydrogen) atoms. The third-order valence-corrected chi connectivity index (χ3v) is 2.05. The Morgan fingerprint density at radius 1 is 1.33 bits per heavy atom. The van der Waals surface area contributed by atoms with E-state index in [2.05, 4.69) is 19.8 Å². The summed E-state index contributed by atoms with van der Waals surface area (Å²) in [6.45, 7) is -0.568. The van der Waals surface area contributed by atoms with E-state index >= 15 is 0 Å². The maximum Gasteiger partial charge on any atom is 0.185 e. The maximum atomic E-state index is 9.48. The van der Waals surface area contributed by atoms with E-state index in [0.29, 0.717) is 0 Å². The standard InChI is InChI=1S/C6H11N3O6/c7-8-9-15-5-3(11)2(1-10)14-6(13)4(5)12/h2-6,10-13H,1H2/t2-,3-,4-,5+,6?/m1/s1. The molecule has 0 aromatic heterocycles. The van der Waals surface area contributed by atoms with Crippen molar-refractivity contribution in [2.45, 2.75) is 30.7 Å². The van der Waals surface area contributed by atoms with Gasteiger partial charge in [-0.3, -0.25) is 0 Å². The quantitative estimate of drug-likeness (QED) is 0.188. The molecule has 0 spiro atoms. The van der Waals surface area contributed by atoms with E-state index in [9.17, 15) is 10.2 Å². The van der Waals surface area contributed by atoms with Crippen LogP contribution in [0, 0.1) is 0 Å². The Balaban J connectivity index is 2.74. The second kappa shape index (κ2) is 5.12. The van der Waals surface area contributed by atoms with Crippen molar-refractivity contribution in [1.29, 1.82) is 0 Å². The van der Waals surface area contributed by atoms with E-state index in [1.165, 1.54) is 0 Å². The van der Waals surface area contributed by atoms with Crippen molar-refractivity contribution in [2.24, 2.45) is 5.28 Å². The fraction of sp³-hybridized carbons (Fsp3) is 1.00. The summed E-state index contributed by atoms with van der Waals surface area (Å²) >= 11 is 0. The molecule has 9 nitrogen and oxygen atoms in total. The number of hydrogen-bond acceptors (Lipinski definition) is 7. The van der Waals surface area contributed by atoms with Gasteiger partial charge in [-0.15, -0.1) is 0 Å². The fourth-order valence-electron chi connectivity index (χ4n) is 1.27. The van der Waals surface area contributed by atoms with Gasteiger partial charge in [0.25, 0.3) is 0 Å². The molecule has 1 unspecified atom stereocenters. The summed E-state index contributed by atoms with van der Waals surface area (Å²) in [5.41, 5.74) is 7.99. The normalized spacial score (nSPS) is 40.7. The van der Waals surface area contributed by atoms with Crippen molar-refractivity contribution >= 4 is 0 Å². The molecule has 0 radical (unpaired) electrons. The lowest BCUT2D eigenvalue weighted by Gasteiger charge is -2.38. The molecule has 0 bridgehead atoms. The molecule has 5 atom stereocenters. The summed E-state index contributed by atoms with van der Waals surface area (Å²) in [5, 5.41) is 39.4. The van der Waals surface area contributed by atoms with E-state index in [4.69, 9.17) is 15.7 Å². The van der Waals surface area contributed by atoms with Gasteiger partial charge in [-0.2, -0.15) is 0 Å². The number of aliphatic hydroxyl groups excluding tert-OH is 4. The summed E-state index contributed by atoms with van der Waals surface area (Å²) < 4.78 is 4.66. The van der Waals surface area contributed by atoms with Crippen LogP contribution < -0.4 is 0 Å². The van der Waals surface area contributed by atoms with Gasteiger partial charge >= 0.3 is 0 Å². The summed E-state index contributed by atoms with van der Waals surface area (Å²) in [6.07, 6.45) is -7.04. The molecule has 1 fully saturated rings. The Morgan fingerprint density at radius 3 is 2.53 bits per heavy atom. The largest absolute Gasteiger partial charge is 0.424 e. The van der Waals surface area contributed by atoms with E-state index in [-0.39, 0.29) is 0 Å². The maximum absolute atomic E-state index is 9.48. The lowest BCUT2D eigenvalue weighted by atomic mass is 9.99. The van der Waals surface area contributed by atoms with Crippen molar-refractivity contribution in [3.63, 3.8) is 0 Å². The van der Waals surface area contributed by atoms with Crippen LogP contribution in [0.15, 0.2) is 5.28 Å². The Morgan fingerprint density at radius 2 is 2.00 bits per heavy atom. The van der Waals surface area contributed by atoms with Gasteiger partial charge < -0.3 is 30.0 Å². The minimum atomic E-state index is -1.62. The van der Waals surface area contributed by atoms with Crippen LogP contribution in [0.25, 0.3) is 10.4 Å². The van der Waals surface area contributed by atoms with Gasteiger partial charge in [0.15, 0.2) is 12.4 Å². The monoisotopic (exact) mass is 221 g/mol. The highest BCUT2D eigenvalue weighted by Gasteiger charge is 2.45. The molecule has 1 heterocycles. The minimum absolute atomic E-state index is 0.568. The predicted octanol–water partition coefficient (Wildman–Crippen LogP) is -1.97. The molecule has 0 aromatic carbocycles. The number of hydrogen-bond donors (Lipinski definition) is 4. The second-order valence-electron chi connectivity index (χ2n) is 2.97. The molecule has 9 heteroatoms. The molecular weight excluding hydrogens is 210 g/mol. The number of rotatable bonds is 3. The van der Waals surface area contributed by atoms with Crippen LogP contribution in [0.5, 0.6) is 0 Å². The van der Waals surface area contributed by atoms with Gasteiger partial charge in [-0.05, 0) is 5.53 Å². The zero-order valence-corrected chi connectivity index (χ0v) is 7.54. The molecule has 0 saturated carbocycles. The molecule has 0 aromatic rings. The SMILES string of the molecule is [N-]=[N+]=NO[C@H]1[C@H](O)[C@@H](CO)OC(O)[C@@H]1O. The van der Waals surface area contributed by atoms with Gasteiger partial charge in [0, 0.05) is 4.91 Å². The van der Waals surface area contributed by atoms with Gasteiger partial charge in [-0.1, -0.05) is 0 Å². The highest BCUT2D eigenvalue weighted by Crippen LogP contribution is 2.22. The minimum Gasteiger partial charge on any atom is -0.424 e. The Bertz CT molecular complexity index is 257. The molecule has 86 valence electrons. The molecule has 4 N–H and O–H groups in total. The summed E-state index contributed by atoms with van der Waals surface area (Å²) in [6, 6.07) is 0. The lowest BCUT2D eigenvalue weighted by molar-refractivity contribution is -0.295. The van der Waals surface area contributed by atoms with E-state index in [0.717, 1.165) is 0 Å². The van der Waals surface area contributed by atoms with E-state index in [1.807, 2.05) is 0 Å². The van der Waals surface area contributed by atoms with Crippen LogP contribution in [0.2, 0.25) is 0 Å². The van der Waals surface area contributed by atoms with Gasteiger partial charge in [-0.25, -0.2) is 0 Å². The Hall–Kier alpha value is -1.09. The number of ether oxygens (including phenoxy) is 1. The van der Waals surface area contributed by atoms with Crippen LogP contribution in [0.3, 0.4) is 0 Å². The zero-order valence-electron chi connectivity index (χ0n) is 7.54. The molecule has 1 rings (SSSR count). The van der Waals surface area contributed by atoms with E-state index in [1.54, 1.807) is 0 Å². The Kier molecular flexibility index (Phi) is 4.09. The number of aliphatic hydroxyl groups is 4. The molecule has 0 aliphatic carbocycles. The molecule has 0 amide bonds. The van der Waals surface area contributed by atoms with Gasteiger partial charge in [0.05, 0.1) is 6.61 Å². The molecule has 1 aliphatic rings. The first-order valence-electron chi connectivity index (χ1n) is 4.12. The average Bonchev–Trinajstić information content (AvgIpc) is 2.23. The zero-order chi connectivity index (χ0) is 11.4. The first kappa shape index (κ1) is 12.0. The third-order valence-electron chi connectivity index (χ3n) is 2.05. The predicted molar refractivity (Wildman–Crippen MR) is 44.0 cm³/mol. The Labute approximate surface area is 84.0 Å². The highest BCUT2D eigenvalue weighted by molar-refractivity contribution is 4.89. The van der Waals surface area contributed by atoms with Crippen molar-refractivity contribution < 1.29 is 30.0 Å². The topological polar surface area (TPSA) is 148 Å². The molecule has 1 saturated heterocycles. The van der Waals surface area contributed by atoms with Crippen molar-refractivity contribution in [3.8, 4) is 0 Å². The lowest BCUT2D eigenvalue weighted by Crippen LogP contribution is -2.58.